The van der Waals surface area contributed by atoms with E-state index in [1.54, 1.807) is 0 Å². The summed E-state index contributed by atoms with van der Waals surface area (Å²) in [6, 6.07) is 0. The number of nitrogens with zero attached hydrogens (tertiary/aromatic N) is 1. The highest BCUT2D eigenvalue weighted by Gasteiger charge is 2.13. The third kappa shape index (κ3) is 11.1. The van der Waals surface area contributed by atoms with Gasteiger partial charge >= 0.3 is 5.97 Å². The highest BCUT2D eigenvalue weighted by atomic mass is 16.4. The van der Waals surface area contributed by atoms with Crippen molar-refractivity contribution >= 4 is 23.4 Å². The molecule has 0 unspecified atom stereocenters. The number of unbranched alkanes of at least 4 members (excludes halogenated alkanes) is 1. The number of hydrazine groups is 1. The van der Waals surface area contributed by atoms with Crippen LogP contribution in [0.4, 0.5) is 0 Å². The van der Waals surface area contributed by atoms with E-state index in [-0.39, 0.29) is 43.4 Å². The molecule has 0 aromatic heterocycles. The van der Waals surface area contributed by atoms with Crippen LogP contribution in [0.25, 0.3) is 0 Å². The van der Waals surface area contributed by atoms with Gasteiger partial charge in [-0.25, -0.2) is 5.01 Å². The van der Waals surface area contributed by atoms with Crippen molar-refractivity contribution < 1.29 is 24.3 Å². The third-order valence-corrected chi connectivity index (χ3v) is 2.15. The molecule has 0 atom stereocenters. The summed E-state index contributed by atoms with van der Waals surface area (Å²) in [7, 11) is 0. The van der Waals surface area contributed by atoms with Gasteiger partial charge in [-0.1, -0.05) is 0 Å². The van der Waals surface area contributed by atoms with Gasteiger partial charge in [-0.2, -0.15) is 0 Å². The lowest BCUT2D eigenvalue weighted by Gasteiger charge is -2.20. The first-order chi connectivity index (χ1) is 8.81. The zero-order valence-corrected chi connectivity index (χ0v) is 11.3. The van der Waals surface area contributed by atoms with Gasteiger partial charge in [0.15, 0.2) is 0 Å². The molecule has 7 nitrogen and oxygen atoms in total. The van der Waals surface area contributed by atoms with E-state index in [1.165, 1.54) is 18.9 Å². The van der Waals surface area contributed by atoms with Crippen molar-refractivity contribution in [3.8, 4) is 0 Å². The van der Waals surface area contributed by atoms with Crippen molar-refractivity contribution in [1.29, 1.82) is 0 Å². The van der Waals surface area contributed by atoms with E-state index in [0.717, 1.165) is 0 Å². The molecule has 7 heteroatoms. The van der Waals surface area contributed by atoms with Crippen LogP contribution in [0.5, 0.6) is 0 Å². The Morgan fingerprint density at radius 1 is 0.947 bits per heavy atom. The molecule has 0 aromatic carbocycles. The van der Waals surface area contributed by atoms with E-state index >= 15 is 0 Å². The maximum atomic E-state index is 11.5. The summed E-state index contributed by atoms with van der Waals surface area (Å²) in [6.07, 6.45) is 1.06. The molecule has 1 amide bonds. The fraction of sp³-hybridized carbons (Fsp3) is 0.667. The number of carbonyl (C=O) groups excluding carboxylic acids is 3. The Morgan fingerprint density at radius 2 is 1.42 bits per heavy atom. The van der Waals surface area contributed by atoms with Crippen molar-refractivity contribution in [2.75, 3.05) is 13.1 Å². The van der Waals surface area contributed by atoms with Gasteiger partial charge in [0.05, 0.1) is 13.1 Å². The van der Waals surface area contributed by atoms with E-state index in [4.69, 9.17) is 5.11 Å². The van der Waals surface area contributed by atoms with Crippen molar-refractivity contribution in [3.63, 3.8) is 0 Å². The van der Waals surface area contributed by atoms with E-state index < -0.39 is 5.97 Å². The number of hydrogen-bond donors (Lipinski definition) is 2. The molecule has 0 saturated heterocycles. The number of carboxylic acids is 1. The normalized spacial score (nSPS) is 10.3. The number of Topliss-reactive ketones (excluding diaryl/α,β-unsaturated/α-hetero) is 2. The molecular formula is C12H20N2O5. The number of aliphatic carboxylic acids is 1. The maximum Gasteiger partial charge on any atom is 0.303 e. The number of ketones is 2. The molecule has 2 N–H and O–H groups in total. The topological polar surface area (TPSA) is 104 Å². The Hall–Kier alpha value is -1.76. The van der Waals surface area contributed by atoms with Gasteiger partial charge in [-0.3, -0.25) is 24.6 Å². The molecule has 0 aliphatic heterocycles. The number of hydrogen-bond acceptors (Lipinski definition) is 5. The summed E-state index contributed by atoms with van der Waals surface area (Å²) in [5.41, 5.74) is 2.47. The van der Waals surface area contributed by atoms with Crippen molar-refractivity contribution in [1.82, 2.24) is 10.4 Å². The second kappa shape index (κ2) is 9.21. The summed E-state index contributed by atoms with van der Waals surface area (Å²) >= 11 is 0. The molecule has 108 valence electrons. The largest absolute Gasteiger partial charge is 0.481 e. The fourth-order valence-electron chi connectivity index (χ4n) is 1.47. The summed E-state index contributed by atoms with van der Waals surface area (Å²) in [5, 5.41) is 9.71. The van der Waals surface area contributed by atoms with Gasteiger partial charge < -0.3 is 5.11 Å². The molecule has 0 fully saturated rings. The summed E-state index contributed by atoms with van der Waals surface area (Å²) in [6.45, 7) is 2.68. The molecule has 0 aromatic rings. The minimum Gasteiger partial charge on any atom is -0.481 e. The highest BCUT2D eigenvalue weighted by Crippen LogP contribution is 2.00. The van der Waals surface area contributed by atoms with E-state index in [9.17, 15) is 19.2 Å². The van der Waals surface area contributed by atoms with E-state index in [2.05, 4.69) is 5.43 Å². The summed E-state index contributed by atoms with van der Waals surface area (Å²) in [4.78, 5) is 43.8. The Balaban J connectivity index is 4.04. The molecule has 0 rings (SSSR count). The summed E-state index contributed by atoms with van der Waals surface area (Å²) in [5.74, 6) is -1.54. The second-order valence-electron chi connectivity index (χ2n) is 4.40. The predicted octanol–water partition coefficient (Wildman–Crippen LogP) is 0.143. The second-order valence-corrected chi connectivity index (χ2v) is 4.40. The number of nitrogens with one attached hydrogen (secondary N) is 1. The number of carbonyl (C=O) groups is 4. The Labute approximate surface area is 111 Å². The molecule has 0 bridgehead atoms. The molecule has 0 aliphatic carbocycles. The van der Waals surface area contributed by atoms with Crippen LogP contribution in [0.3, 0.4) is 0 Å². The Morgan fingerprint density at radius 3 is 1.84 bits per heavy atom. The molecule has 0 heterocycles. The van der Waals surface area contributed by atoms with Crippen LogP contribution in [0.2, 0.25) is 0 Å². The highest BCUT2D eigenvalue weighted by molar-refractivity contribution is 5.82. The van der Waals surface area contributed by atoms with Gasteiger partial charge in [-0.15, -0.1) is 0 Å². The van der Waals surface area contributed by atoms with Crippen LogP contribution < -0.4 is 5.43 Å². The fourth-order valence-corrected chi connectivity index (χ4v) is 1.47. The van der Waals surface area contributed by atoms with Crippen molar-refractivity contribution in [2.24, 2.45) is 0 Å². The van der Waals surface area contributed by atoms with Gasteiger partial charge in [0.25, 0.3) is 0 Å². The van der Waals surface area contributed by atoms with Crippen LogP contribution in [0, 0.1) is 0 Å². The molecule has 19 heavy (non-hydrogen) atoms. The Bertz CT molecular complexity index is 338. The first kappa shape index (κ1) is 17.2. The lowest BCUT2D eigenvalue weighted by molar-refractivity contribution is -0.137. The lowest BCUT2D eigenvalue weighted by Crippen LogP contribution is -2.46. The van der Waals surface area contributed by atoms with Crippen LogP contribution in [-0.4, -0.2) is 46.6 Å². The van der Waals surface area contributed by atoms with Crippen LogP contribution >= 0.6 is 0 Å². The number of carboxylic acid groups (broad SMARTS) is 1. The van der Waals surface area contributed by atoms with Gasteiger partial charge in [0.2, 0.25) is 5.91 Å². The molecule has 0 saturated carbocycles. The lowest BCUT2D eigenvalue weighted by atomic mass is 10.2. The number of rotatable bonds is 10. The average Bonchev–Trinajstić information content (AvgIpc) is 2.22. The quantitative estimate of drug-likeness (QED) is 0.433. The minimum absolute atomic E-state index is 0.0257. The number of amides is 1. The molecule has 0 spiro atoms. The SMILES string of the molecule is CC(=O)CN(CC(C)=O)NC(=O)CCCCC(=O)O. The first-order valence-electron chi connectivity index (χ1n) is 6.06. The molecule has 0 aliphatic rings. The van der Waals surface area contributed by atoms with Crippen LogP contribution in [-0.2, 0) is 19.2 Å². The van der Waals surface area contributed by atoms with Crippen molar-refractivity contribution in [3.05, 3.63) is 0 Å². The average molecular weight is 272 g/mol. The van der Waals surface area contributed by atoms with E-state index in [1.807, 2.05) is 0 Å². The smallest absolute Gasteiger partial charge is 0.303 e. The van der Waals surface area contributed by atoms with Crippen LogP contribution in [0.15, 0.2) is 0 Å². The standard InChI is InChI=1S/C12H20N2O5/c1-9(15)7-14(8-10(2)16)13-11(17)5-3-4-6-12(18)19/h3-8H2,1-2H3,(H,13,17)(H,18,19). The first-order valence-corrected chi connectivity index (χ1v) is 6.06. The van der Waals surface area contributed by atoms with Gasteiger partial charge in [0, 0.05) is 12.8 Å². The third-order valence-electron chi connectivity index (χ3n) is 2.15. The molecule has 0 radical (unpaired) electrons. The predicted molar refractivity (Wildman–Crippen MR) is 67.2 cm³/mol. The summed E-state index contributed by atoms with van der Waals surface area (Å²) < 4.78 is 0. The monoisotopic (exact) mass is 272 g/mol. The van der Waals surface area contributed by atoms with Gasteiger partial charge in [-0.05, 0) is 26.7 Å². The minimum atomic E-state index is -0.893. The Kier molecular flexibility index (Phi) is 8.35. The maximum absolute atomic E-state index is 11.5. The zero-order chi connectivity index (χ0) is 14.8. The van der Waals surface area contributed by atoms with Crippen molar-refractivity contribution in [2.45, 2.75) is 39.5 Å². The molecular weight excluding hydrogens is 252 g/mol. The van der Waals surface area contributed by atoms with Crippen LogP contribution in [0.1, 0.15) is 39.5 Å². The van der Waals surface area contributed by atoms with Gasteiger partial charge in [0.1, 0.15) is 11.6 Å². The van der Waals surface area contributed by atoms with E-state index in [0.29, 0.717) is 12.8 Å². The zero-order valence-electron chi connectivity index (χ0n) is 11.3.